The first-order valence-electron chi connectivity index (χ1n) is 8.87. The first kappa shape index (κ1) is 19.5. The highest BCUT2D eigenvalue weighted by atomic mass is 32.2. The molecule has 1 N–H and O–H groups in total. The van der Waals surface area contributed by atoms with E-state index in [0.717, 1.165) is 29.8 Å². The number of carboxylic acid groups (broad SMARTS) is 1. The maximum absolute atomic E-state index is 12.6. The summed E-state index contributed by atoms with van der Waals surface area (Å²) in [5.41, 5.74) is 3.08. The summed E-state index contributed by atoms with van der Waals surface area (Å²) in [5, 5.41) is 9.31. The monoisotopic (exact) mass is 388 g/mol. The van der Waals surface area contributed by atoms with Crippen molar-refractivity contribution in [3.63, 3.8) is 0 Å². The first-order valence-corrected chi connectivity index (χ1v) is 10.3. The number of fused-ring (bicyclic) bond motifs is 1. The minimum atomic E-state index is -3.46. The van der Waals surface area contributed by atoms with Crippen molar-refractivity contribution < 1.29 is 18.3 Å². The molecule has 3 rings (SSSR count). The predicted octanol–water partition coefficient (Wildman–Crippen LogP) is 2.24. The number of rotatable bonds is 6. The Morgan fingerprint density at radius 3 is 2.59 bits per heavy atom. The minimum Gasteiger partial charge on any atom is -0.478 e. The van der Waals surface area contributed by atoms with Gasteiger partial charge in [-0.2, -0.15) is 0 Å². The highest BCUT2D eigenvalue weighted by Crippen LogP contribution is 2.27. The maximum atomic E-state index is 12.6. The van der Waals surface area contributed by atoms with Crippen LogP contribution in [0.2, 0.25) is 0 Å². The molecule has 0 spiro atoms. The van der Waals surface area contributed by atoms with Crippen LogP contribution in [0.3, 0.4) is 0 Å². The fourth-order valence-electron chi connectivity index (χ4n) is 3.49. The normalized spacial score (nSPS) is 14.9. The first-order chi connectivity index (χ1) is 12.8. The Balaban J connectivity index is 1.76. The Bertz CT molecular complexity index is 954. The van der Waals surface area contributed by atoms with Gasteiger partial charge in [0.15, 0.2) is 0 Å². The van der Waals surface area contributed by atoms with Crippen LogP contribution in [0, 0.1) is 0 Å². The molecular weight excluding hydrogens is 364 g/mol. The summed E-state index contributed by atoms with van der Waals surface area (Å²) in [4.78, 5) is 14.0. The van der Waals surface area contributed by atoms with Crippen LogP contribution in [0.1, 0.15) is 27.0 Å². The number of benzene rings is 2. The molecule has 144 valence electrons. The average Bonchev–Trinajstić information content (AvgIpc) is 2.65. The Hall–Kier alpha value is -2.22. The van der Waals surface area contributed by atoms with Gasteiger partial charge in [-0.3, -0.25) is 4.90 Å². The van der Waals surface area contributed by atoms with Crippen LogP contribution < -0.4 is 0 Å². The van der Waals surface area contributed by atoms with Crippen LogP contribution in [0.4, 0.5) is 0 Å². The number of carboxylic acids is 1. The lowest BCUT2D eigenvalue weighted by atomic mass is 9.98. The number of hydrogen-bond donors (Lipinski definition) is 1. The number of nitrogens with zero attached hydrogens (tertiary/aromatic N) is 2. The molecule has 0 amide bonds. The second-order valence-electron chi connectivity index (χ2n) is 6.92. The summed E-state index contributed by atoms with van der Waals surface area (Å²) < 4.78 is 26.4. The summed E-state index contributed by atoms with van der Waals surface area (Å²) in [6.07, 6.45) is 1.31. The third kappa shape index (κ3) is 4.05. The zero-order chi connectivity index (χ0) is 19.6. The standard InChI is InChI=1S/C20H24N2O4S/c1-21(2)27(25,26)19-9-5-7-16-14-22(13-11-17(16)19)12-10-15-6-3-4-8-18(15)20(23)24/h3-9H,10-14H2,1-2H3,(H,23,24). The number of hydrogen-bond acceptors (Lipinski definition) is 4. The average molecular weight is 388 g/mol. The van der Waals surface area contributed by atoms with Gasteiger partial charge >= 0.3 is 5.97 Å². The van der Waals surface area contributed by atoms with Crippen molar-refractivity contribution in [3.05, 3.63) is 64.7 Å². The van der Waals surface area contributed by atoms with E-state index in [2.05, 4.69) is 4.90 Å². The van der Waals surface area contributed by atoms with Gasteiger partial charge in [-0.15, -0.1) is 0 Å². The molecule has 1 aliphatic heterocycles. The Morgan fingerprint density at radius 1 is 1.15 bits per heavy atom. The Labute approximate surface area is 160 Å². The zero-order valence-corrected chi connectivity index (χ0v) is 16.4. The molecule has 6 nitrogen and oxygen atoms in total. The van der Waals surface area contributed by atoms with Crippen LogP contribution in [0.5, 0.6) is 0 Å². The molecule has 0 saturated carbocycles. The van der Waals surface area contributed by atoms with Crippen molar-refractivity contribution in [1.82, 2.24) is 9.21 Å². The summed E-state index contributed by atoms with van der Waals surface area (Å²) in [6, 6.07) is 12.5. The topological polar surface area (TPSA) is 77.9 Å². The van der Waals surface area contributed by atoms with Crippen LogP contribution in [0.15, 0.2) is 47.4 Å². The van der Waals surface area contributed by atoms with Crippen LogP contribution in [0.25, 0.3) is 0 Å². The van der Waals surface area contributed by atoms with E-state index in [1.807, 2.05) is 18.2 Å². The molecule has 0 fully saturated rings. The molecule has 0 aliphatic carbocycles. The van der Waals surface area contributed by atoms with Gasteiger partial charge in [0.2, 0.25) is 10.0 Å². The van der Waals surface area contributed by atoms with E-state index in [4.69, 9.17) is 0 Å². The highest BCUT2D eigenvalue weighted by molar-refractivity contribution is 7.89. The Morgan fingerprint density at radius 2 is 1.89 bits per heavy atom. The molecule has 0 radical (unpaired) electrons. The van der Waals surface area contributed by atoms with Gasteiger partial charge in [-0.05, 0) is 41.7 Å². The molecule has 2 aromatic rings. The van der Waals surface area contributed by atoms with Gasteiger partial charge in [-0.25, -0.2) is 17.5 Å². The van der Waals surface area contributed by atoms with Gasteiger partial charge in [0.1, 0.15) is 0 Å². The van der Waals surface area contributed by atoms with E-state index in [9.17, 15) is 18.3 Å². The molecule has 0 unspecified atom stereocenters. The van der Waals surface area contributed by atoms with E-state index in [1.54, 1.807) is 38.4 Å². The van der Waals surface area contributed by atoms with E-state index < -0.39 is 16.0 Å². The summed E-state index contributed by atoms with van der Waals surface area (Å²) in [6.45, 7) is 2.15. The highest BCUT2D eigenvalue weighted by Gasteiger charge is 2.26. The van der Waals surface area contributed by atoms with Crippen molar-refractivity contribution in [2.45, 2.75) is 24.3 Å². The second kappa shape index (κ2) is 7.80. The SMILES string of the molecule is CN(C)S(=O)(=O)c1cccc2c1CCN(CCc1ccccc1C(=O)O)C2. The molecule has 2 aromatic carbocycles. The Kier molecular flexibility index (Phi) is 5.64. The maximum Gasteiger partial charge on any atom is 0.335 e. The second-order valence-corrected chi connectivity index (χ2v) is 9.04. The minimum absolute atomic E-state index is 0.342. The van der Waals surface area contributed by atoms with E-state index in [-0.39, 0.29) is 0 Å². The van der Waals surface area contributed by atoms with Gasteiger partial charge < -0.3 is 5.11 Å². The molecule has 1 heterocycles. The van der Waals surface area contributed by atoms with E-state index in [0.29, 0.717) is 29.8 Å². The molecule has 0 aromatic heterocycles. The van der Waals surface area contributed by atoms with Crippen molar-refractivity contribution >= 4 is 16.0 Å². The number of sulfonamides is 1. The van der Waals surface area contributed by atoms with Gasteiger partial charge in [0.25, 0.3) is 0 Å². The van der Waals surface area contributed by atoms with E-state index >= 15 is 0 Å². The number of carbonyl (C=O) groups is 1. The summed E-state index contributed by atoms with van der Waals surface area (Å²) in [5.74, 6) is -0.909. The van der Waals surface area contributed by atoms with Crippen molar-refractivity contribution in [2.75, 3.05) is 27.2 Å². The van der Waals surface area contributed by atoms with Crippen molar-refractivity contribution in [1.29, 1.82) is 0 Å². The molecule has 7 heteroatoms. The van der Waals surface area contributed by atoms with Crippen LogP contribution in [-0.4, -0.2) is 55.9 Å². The lowest BCUT2D eigenvalue weighted by Crippen LogP contribution is -2.34. The summed E-state index contributed by atoms with van der Waals surface area (Å²) >= 11 is 0. The third-order valence-electron chi connectivity index (χ3n) is 5.01. The smallest absolute Gasteiger partial charge is 0.335 e. The van der Waals surface area contributed by atoms with E-state index in [1.165, 1.54) is 4.31 Å². The van der Waals surface area contributed by atoms with Crippen LogP contribution >= 0.6 is 0 Å². The van der Waals surface area contributed by atoms with Crippen LogP contribution in [-0.2, 0) is 29.4 Å². The number of aromatic carboxylic acids is 1. The molecule has 27 heavy (non-hydrogen) atoms. The lowest BCUT2D eigenvalue weighted by Gasteiger charge is -2.30. The summed E-state index contributed by atoms with van der Waals surface area (Å²) in [7, 11) is -0.366. The molecule has 0 bridgehead atoms. The largest absolute Gasteiger partial charge is 0.478 e. The lowest BCUT2D eigenvalue weighted by molar-refractivity contribution is 0.0695. The van der Waals surface area contributed by atoms with Crippen molar-refractivity contribution in [3.8, 4) is 0 Å². The quantitative estimate of drug-likeness (QED) is 0.821. The molecular formula is C20H24N2O4S. The zero-order valence-electron chi connectivity index (χ0n) is 15.6. The van der Waals surface area contributed by atoms with Gasteiger partial charge in [0, 0.05) is 33.7 Å². The van der Waals surface area contributed by atoms with Gasteiger partial charge in [0.05, 0.1) is 10.5 Å². The molecule has 1 aliphatic rings. The fraction of sp³-hybridized carbons (Fsp3) is 0.350. The third-order valence-corrected chi connectivity index (χ3v) is 6.91. The van der Waals surface area contributed by atoms with Gasteiger partial charge in [-0.1, -0.05) is 30.3 Å². The fourth-order valence-corrected chi connectivity index (χ4v) is 4.68. The molecule has 0 atom stereocenters. The van der Waals surface area contributed by atoms with Crippen molar-refractivity contribution in [2.24, 2.45) is 0 Å². The molecule has 0 saturated heterocycles. The predicted molar refractivity (Wildman–Crippen MR) is 103 cm³/mol.